The van der Waals surface area contributed by atoms with E-state index in [0.717, 1.165) is 12.8 Å². The Morgan fingerprint density at radius 2 is 2.12 bits per heavy atom. The third-order valence-electron chi connectivity index (χ3n) is 6.85. The van der Waals surface area contributed by atoms with Gasteiger partial charge in [-0.3, -0.25) is 0 Å². The average Bonchev–Trinajstić information content (AvgIpc) is 2.57. The highest BCUT2D eigenvalue weighted by molar-refractivity contribution is 5.71. The highest BCUT2D eigenvalue weighted by Crippen LogP contribution is 2.46. The summed E-state index contributed by atoms with van der Waals surface area (Å²) in [6.07, 6.45) is 6.84. The van der Waals surface area contributed by atoms with E-state index in [1.165, 1.54) is 36.8 Å². The molecular weight excluding hydrogens is 328 g/mol. The Morgan fingerprint density at radius 1 is 1.31 bits per heavy atom. The molecule has 5 nitrogen and oxygen atoms in total. The molecule has 0 spiro atoms. The molecule has 1 amide bonds. The van der Waals surface area contributed by atoms with E-state index >= 15 is 0 Å². The van der Waals surface area contributed by atoms with Gasteiger partial charge in [-0.05, 0) is 48.4 Å². The smallest absolute Gasteiger partial charge is 0.410 e. The minimum atomic E-state index is -0.320. The molecule has 1 saturated heterocycles. The number of nitrogens with zero attached hydrogens (tertiary/aromatic N) is 1. The first-order valence-corrected chi connectivity index (χ1v) is 9.90. The molecule has 1 aliphatic heterocycles. The Hall–Kier alpha value is -1.59. The predicted octanol–water partition coefficient (Wildman–Crippen LogP) is 3.24. The Balaban J connectivity index is 1.59. The summed E-state index contributed by atoms with van der Waals surface area (Å²) in [7, 11) is 1.77. The van der Waals surface area contributed by atoms with Gasteiger partial charge in [-0.25, -0.2) is 4.79 Å². The molecule has 5 heteroatoms. The Labute approximate surface area is 155 Å². The maximum absolute atomic E-state index is 12.4. The second-order valence-corrected chi connectivity index (χ2v) is 8.50. The zero-order valence-corrected chi connectivity index (χ0v) is 15.9. The van der Waals surface area contributed by atoms with E-state index in [9.17, 15) is 4.79 Å². The van der Waals surface area contributed by atoms with Gasteiger partial charge in [0.05, 0.1) is 19.3 Å². The van der Waals surface area contributed by atoms with Gasteiger partial charge in [0.25, 0.3) is 0 Å². The lowest BCUT2D eigenvalue weighted by Crippen LogP contribution is -2.53. The number of fused-ring (bicyclic) bond motifs is 4. The molecule has 0 radical (unpaired) electrons. The van der Waals surface area contributed by atoms with Crippen molar-refractivity contribution in [2.45, 2.75) is 62.9 Å². The predicted molar refractivity (Wildman–Crippen MR) is 100 cm³/mol. The van der Waals surface area contributed by atoms with Gasteiger partial charge in [0.2, 0.25) is 0 Å². The molecule has 2 aliphatic carbocycles. The van der Waals surface area contributed by atoms with Crippen LogP contribution in [0, 0.1) is 5.92 Å². The second-order valence-electron chi connectivity index (χ2n) is 8.50. The van der Waals surface area contributed by atoms with Crippen molar-refractivity contribution in [2.75, 3.05) is 20.3 Å². The fourth-order valence-electron chi connectivity index (χ4n) is 4.87. The van der Waals surface area contributed by atoms with Crippen LogP contribution in [-0.2, 0) is 16.6 Å². The summed E-state index contributed by atoms with van der Waals surface area (Å²) in [6.45, 7) is 3.48. The molecule has 1 aromatic carbocycles. The minimum Gasteiger partial charge on any atom is -0.410 e. The van der Waals surface area contributed by atoms with Crippen molar-refractivity contribution in [3.05, 3.63) is 29.3 Å². The van der Waals surface area contributed by atoms with Crippen LogP contribution in [-0.4, -0.2) is 43.3 Å². The molecule has 142 valence electrons. The van der Waals surface area contributed by atoms with Crippen LogP contribution in [0.25, 0.3) is 0 Å². The first kappa shape index (κ1) is 17.8. The normalized spacial score (nSPS) is 31.2. The summed E-state index contributed by atoms with van der Waals surface area (Å²) in [5.41, 5.74) is 9.36. The molecule has 1 saturated carbocycles. The van der Waals surface area contributed by atoms with Gasteiger partial charge in [-0.15, -0.1) is 0 Å². The molecule has 4 rings (SSSR count). The van der Waals surface area contributed by atoms with Crippen LogP contribution in [0.1, 0.15) is 50.2 Å². The van der Waals surface area contributed by atoms with Crippen molar-refractivity contribution in [1.82, 2.24) is 4.90 Å². The van der Waals surface area contributed by atoms with E-state index < -0.39 is 0 Å². The average molecular weight is 358 g/mol. The fourth-order valence-corrected chi connectivity index (χ4v) is 4.87. The summed E-state index contributed by atoms with van der Waals surface area (Å²) in [6, 6.07) is 6.44. The molecule has 1 aromatic rings. The maximum Gasteiger partial charge on any atom is 0.415 e. The van der Waals surface area contributed by atoms with Gasteiger partial charge < -0.3 is 20.1 Å². The highest BCUT2D eigenvalue weighted by atomic mass is 16.6. The first-order valence-electron chi connectivity index (χ1n) is 9.90. The summed E-state index contributed by atoms with van der Waals surface area (Å²) in [5, 5.41) is 0. The minimum absolute atomic E-state index is 0.0329. The molecular formula is C21H30N2O3. The summed E-state index contributed by atoms with van der Waals surface area (Å²) in [5.74, 6) is 1.18. The molecule has 2 N–H and O–H groups in total. The van der Waals surface area contributed by atoms with Crippen molar-refractivity contribution in [3.8, 4) is 5.75 Å². The van der Waals surface area contributed by atoms with E-state index in [2.05, 4.69) is 19.1 Å². The van der Waals surface area contributed by atoms with Gasteiger partial charge in [0, 0.05) is 18.5 Å². The molecule has 2 bridgehead atoms. The Kier molecular flexibility index (Phi) is 4.70. The highest BCUT2D eigenvalue weighted by Gasteiger charge is 2.44. The molecule has 1 unspecified atom stereocenters. The van der Waals surface area contributed by atoms with E-state index in [4.69, 9.17) is 15.2 Å². The number of likely N-dealkylation sites (N-methyl/N-ethyl adjacent to an activating group) is 1. The molecule has 26 heavy (non-hydrogen) atoms. The largest absolute Gasteiger partial charge is 0.415 e. The zero-order chi connectivity index (χ0) is 18.3. The van der Waals surface area contributed by atoms with E-state index in [0.29, 0.717) is 24.9 Å². The van der Waals surface area contributed by atoms with Crippen LogP contribution < -0.4 is 10.5 Å². The maximum atomic E-state index is 12.4. The van der Waals surface area contributed by atoms with Crippen molar-refractivity contribution >= 4 is 6.09 Å². The van der Waals surface area contributed by atoms with Gasteiger partial charge in [0.1, 0.15) is 5.75 Å². The van der Waals surface area contributed by atoms with E-state index in [1.54, 1.807) is 11.9 Å². The van der Waals surface area contributed by atoms with Crippen LogP contribution in [0.2, 0.25) is 0 Å². The van der Waals surface area contributed by atoms with Gasteiger partial charge in [-0.1, -0.05) is 32.3 Å². The monoisotopic (exact) mass is 358 g/mol. The number of benzene rings is 1. The van der Waals surface area contributed by atoms with Crippen molar-refractivity contribution in [1.29, 1.82) is 0 Å². The SMILES string of the molecule is CN(C(=O)Oc1ccc2c(c1)[C@@]1(C)CCCCCC(C2)[C@@H]1N)C1COC1. The number of ether oxygens (including phenoxy) is 2. The molecule has 1 heterocycles. The van der Waals surface area contributed by atoms with Crippen molar-refractivity contribution in [3.63, 3.8) is 0 Å². The van der Waals surface area contributed by atoms with Gasteiger partial charge >= 0.3 is 6.09 Å². The lowest BCUT2D eigenvalue weighted by Gasteiger charge is -2.47. The number of carbonyl (C=O) groups is 1. The number of hydrogen-bond donors (Lipinski definition) is 1. The summed E-state index contributed by atoms with van der Waals surface area (Å²) in [4.78, 5) is 14.0. The molecule has 3 aliphatic rings. The van der Waals surface area contributed by atoms with Crippen molar-refractivity contribution < 1.29 is 14.3 Å². The molecule has 3 atom stereocenters. The lowest BCUT2D eigenvalue weighted by molar-refractivity contribution is -0.0470. The second kappa shape index (κ2) is 6.86. The van der Waals surface area contributed by atoms with Crippen molar-refractivity contribution in [2.24, 2.45) is 11.7 Å². The Morgan fingerprint density at radius 3 is 2.85 bits per heavy atom. The van der Waals surface area contributed by atoms with Crippen LogP contribution >= 0.6 is 0 Å². The summed E-state index contributed by atoms with van der Waals surface area (Å²) < 4.78 is 10.8. The number of carbonyl (C=O) groups excluding carboxylic acids is 1. The van der Waals surface area contributed by atoms with Crippen LogP contribution in [0.4, 0.5) is 4.79 Å². The van der Waals surface area contributed by atoms with Crippen LogP contribution in [0.3, 0.4) is 0 Å². The third kappa shape index (κ3) is 3.01. The number of nitrogens with two attached hydrogens (primary N) is 1. The summed E-state index contributed by atoms with van der Waals surface area (Å²) >= 11 is 0. The van der Waals surface area contributed by atoms with Gasteiger partial charge in [-0.2, -0.15) is 0 Å². The number of rotatable bonds is 2. The Bertz CT molecular complexity index is 688. The standard InChI is InChI=1S/C21H30N2O3/c1-21-9-5-3-4-6-15(19(21)22)10-14-7-8-17(11-18(14)21)26-20(24)23(2)16-12-25-13-16/h7-8,11,15-16,19H,3-6,9-10,12-13,22H2,1-2H3/t15?,19-,21+/m0/s1. The quantitative estimate of drug-likeness (QED) is 0.881. The van der Waals surface area contributed by atoms with Gasteiger partial charge in [0.15, 0.2) is 0 Å². The van der Waals surface area contributed by atoms with Crippen LogP contribution in [0.15, 0.2) is 18.2 Å². The molecule has 0 aromatic heterocycles. The number of amides is 1. The lowest BCUT2D eigenvalue weighted by atomic mass is 9.60. The van der Waals surface area contributed by atoms with Crippen LogP contribution in [0.5, 0.6) is 5.75 Å². The first-order chi connectivity index (χ1) is 12.5. The third-order valence-corrected chi connectivity index (χ3v) is 6.85. The number of hydrogen-bond acceptors (Lipinski definition) is 4. The molecule has 2 fully saturated rings. The fraction of sp³-hybridized carbons (Fsp3) is 0.667. The zero-order valence-electron chi connectivity index (χ0n) is 15.9. The topological polar surface area (TPSA) is 64.8 Å². The van der Waals surface area contributed by atoms with E-state index in [1.807, 2.05) is 6.07 Å². The van der Waals surface area contributed by atoms with E-state index in [-0.39, 0.29) is 23.6 Å².